The summed E-state index contributed by atoms with van der Waals surface area (Å²) < 4.78 is 43.3. The fourth-order valence-electron chi connectivity index (χ4n) is 2.10. The van der Waals surface area contributed by atoms with Gasteiger partial charge in [0.15, 0.2) is 5.96 Å². The topological polar surface area (TPSA) is 63.5 Å². The molecule has 0 aliphatic carbocycles. The van der Waals surface area contributed by atoms with Gasteiger partial charge in [0.05, 0.1) is 25.3 Å². The first kappa shape index (κ1) is 23.0. The summed E-state index contributed by atoms with van der Waals surface area (Å²) in [5.41, 5.74) is 2.87. The molecule has 0 fully saturated rings. The van der Waals surface area contributed by atoms with E-state index in [2.05, 4.69) is 20.7 Å². The van der Waals surface area contributed by atoms with Crippen LogP contribution < -0.4 is 10.6 Å². The fourth-order valence-corrected chi connectivity index (χ4v) is 2.10. The van der Waals surface area contributed by atoms with Crippen LogP contribution in [0.15, 0.2) is 4.99 Å². The van der Waals surface area contributed by atoms with Crippen LogP contribution in [-0.4, -0.2) is 49.2 Å². The lowest BCUT2D eigenvalue weighted by Gasteiger charge is -2.13. The predicted molar refractivity (Wildman–Crippen MR) is 97.9 cm³/mol. The second-order valence-corrected chi connectivity index (χ2v) is 5.08. The van der Waals surface area contributed by atoms with Gasteiger partial charge in [0.2, 0.25) is 0 Å². The molecule has 0 aliphatic heterocycles. The predicted octanol–water partition coefficient (Wildman–Crippen LogP) is 2.38. The van der Waals surface area contributed by atoms with Crippen LogP contribution in [-0.2, 0) is 17.8 Å². The Kier molecular flexibility index (Phi) is 10.3. The minimum Gasteiger partial charge on any atom is -0.383 e. The van der Waals surface area contributed by atoms with Gasteiger partial charge in [-0.1, -0.05) is 0 Å². The average molecular weight is 463 g/mol. The number of nitrogens with zero attached hydrogens (tertiary/aromatic N) is 3. The van der Waals surface area contributed by atoms with Crippen LogP contribution >= 0.6 is 24.0 Å². The quantitative estimate of drug-likeness (QED) is 0.371. The van der Waals surface area contributed by atoms with Crippen molar-refractivity contribution in [2.45, 2.75) is 39.5 Å². The summed E-state index contributed by atoms with van der Waals surface area (Å²) in [5, 5.41) is 10.1. The highest BCUT2D eigenvalue weighted by atomic mass is 127. The maximum Gasteiger partial charge on any atom is 0.390 e. The van der Waals surface area contributed by atoms with Gasteiger partial charge in [0.1, 0.15) is 0 Å². The molecule has 6 nitrogen and oxygen atoms in total. The maximum atomic E-state index is 12.1. The van der Waals surface area contributed by atoms with Crippen LogP contribution in [0.5, 0.6) is 0 Å². The minimum absolute atomic E-state index is 0. The number of rotatable bonds is 7. The molecule has 0 saturated carbocycles. The third-order valence-corrected chi connectivity index (χ3v) is 3.40. The van der Waals surface area contributed by atoms with Gasteiger partial charge >= 0.3 is 6.18 Å². The summed E-state index contributed by atoms with van der Waals surface area (Å²) in [6.45, 7) is 5.29. The van der Waals surface area contributed by atoms with Crippen molar-refractivity contribution < 1.29 is 17.9 Å². The lowest BCUT2D eigenvalue weighted by atomic mass is 10.2. The highest BCUT2D eigenvalue weighted by Gasteiger charge is 2.26. The number of halogens is 4. The number of alkyl halides is 3. The van der Waals surface area contributed by atoms with Crippen molar-refractivity contribution >= 4 is 29.9 Å². The maximum absolute atomic E-state index is 12.1. The van der Waals surface area contributed by atoms with Crippen molar-refractivity contribution in [1.29, 1.82) is 0 Å². The molecule has 0 atom stereocenters. The number of guanidine groups is 1. The molecular weight excluding hydrogens is 438 g/mol. The van der Waals surface area contributed by atoms with Gasteiger partial charge in [-0.2, -0.15) is 18.3 Å². The van der Waals surface area contributed by atoms with Crippen LogP contribution in [0.25, 0.3) is 0 Å². The molecule has 140 valence electrons. The number of nitrogens with one attached hydrogen (secondary N) is 2. The molecule has 0 aromatic carbocycles. The number of ether oxygens (including phenoxy) is 1. The summed E-state index contributed by atoms with van der Waals surface area (Å²) in [6, 6.07) is 0. The number of aromatic nitrogens is 2. The normalized spacial score (nSPS) is 12.0. The summed E-state index contributed by atoms with van der Waals surface area (Å²) in [7, 11) is 3.15. The van der Waals surface area contributed by atoms with E-state index in [0.29, 0.717) is 25.7 Å². The molecule has 10 heteroatoms. The first-order chi connectivity index (χ1) is 10.8. The smallest absolute Gasteiger partial charge is 0.383 e. The Morgan fingerprint density at radius 2 is 1.96 bits per heavy atom. The Labute approximate surface area is 157 Å². The second-order valence-electron chi connectivity index (χ2n) is 5.08. The summed E-state index contributed by atoms with van der Waals surface area (Å²) >= 11 is 0. The van der Waals surface area contributed by atoms with E-state index in [1.165, 1.54) is 7.05 Å². The standard InChI is InChI=1S/C14H24F3N5O.HI/c1-10-12(11(2)22(21-10)7-8-23-4)9-20-13(18-3)19-6-5-14(15,16)17;/h5-9H2,1-4H3,(H2,18,19,20);1H. The summed E-state index contributed by atoms with van der Waals surface area (Å²) in [5.74, 6) is 0.331. The van der Waals surface area contributed by atoms with Crippen molar-refractivity contribution in [1.82, 2.24) is 20.4 Å². The third-order valence-electron chi connectivity index (χ3n) is 3.40. The summed E-state index contributed by atoms with van der Waals surface area (Å²) in [4.78, 5) is 3.92. The van der Waals surface area contributed by atoms with E-state index in [1.807, 2.05) is 18.5 Å². The number of aryl methyl sites for hydroxylation is 1. The van der Waals surface area contributed by atoms with E-state index >= 15 is 0 Å². The largest absolute Gasteiger partial charge is 0.390 e. The molecule has 1 rings (SSSR count). The van der Waals surface area contributed by atoms with Gasteiger partial charge in [-0.25, -0.2) is 0 Å². The molecular formula is C14H25F3IN5O. The fraction of sp³-hybridized carbons (Fsp3) is 0.714. The molecule has 1 aromatic heterocycles. The lowest BCUT2D eigenvalue weighted by molar-refractivity contribution is -0.132. The van der Waals surface area contributed by atoms with Gasteiger partial charge in [-0.3, -0.25) is 9.67 Å². The van der Waals surface area contributed by atoms with Gasteiger partial charge in [-0.15, -0.1) is 24.0 Å². The monoisotopic (exact) mass is 463 g/mol. The minimum atomic E-state index is -4.18. The van der Waals surface area contributed by atoms with Gasteiger partial charge in [0.25, 0.3) is 0 Å². The zero-order valence-corrected chi connectivity index (χ0v) is 16.7. The molecule has 0 aliphatic rings. The van der Waals surface area contributed by atoms with E-state index in [-0.39, 0.29) is 30.5 Å². The molecule has 1 aromatic rings. The van der Waals surface area contributed by atoms with Crippen molar-refractivity contribution in [2.24, 2.45) is 4.99 Å². The Balaban J connectivity index is 0.00000529. The highest BCUT2D eigenvalue weighted by Crippen LogP contribution is 2.18. The SMILES string of the molecule is CN=C(NCCC(F)(F)F)NCc1c(C)nn(CCOC)c1C.I. The van der Waals surface area contributed by atoms with Crippen LogP contribution in [0.4, 0.5) is 13.2 Å². The third kappa shape index (κ3) is 7.69. The van der Waals surface area contributed by atoms with E-state index in [9.17, 15) is 13.2 Å². The molecule has 24 heavy (non-hydrogen) atoms. The van der Waals surface area contributed by atoms with Gasteiger partial charge < -0.3 is 15.4 Å². The van der Waals surface area contributed by atoms with Gasteiger partial charge in [-0.05, 0) is 13.8 Å². The first-order valence-electron chi connectivity index (χ1n) is 7.31. The van der Waals surface area contributed by atoms with Gasteiger partial charge in [0, 0.05) is 38.5 Å². The zero-order chi connectivity index (χ0) is 17.5. The number of methoxy groups -OCH3 is 1. The van der Waals surface area contributed by atoms with Crippen LogP contribution in [0, 0.1) is 13.8 Å². The molecule has 0 amide bonds. The molecule has 1 heterocycles. The number of hydrogen-bond donors (Lipinski definition) is 2. The Morgan fingerprint density at radius 1 is 1.29 bits per heavy atom. The van der Waals surface area contributed by atoms with Crippen LogP contribution in [0.1, 0.15) is 23.4 Å². The van der Waals surface area contributed by atoms with Crippen molar-refractivity contribution in [3.8, 4) is 0 Å². The number of hydrogen-bond acceptors (Lipinski definition) is 3. The molecule has 0 spiro atoms. The van der Waals surface area contributed by atoms with Crippen molar-refractivity contribution in [3.63, 3.8) is 0 Å². The molecule has 0 bridgehead atoms. The Bertz CT molecular complexity index is 531. The average Bonchev–Trinajstić information content (AvgIpc) is 2.74. The van der Waals surface area contributed by atoms with E-state index in [0.717, 1.165) is 17.0 Å². The molecule has 0 radical (unpaired) electrons. The molecule has 2 N–H and O–H groups in total. The van der Waals surface area contributed by atoms with Crippen molar-refractivity contribution in [3.05, 3.63) is 17.0 Å². The lowest BCUT2D eigenvalue weighted by Crippen LogP contribution is -2.38. The zero-order valence-electron chi connectivity index (χ0n) is 14.3. The molecule has 0 unspecified atom stereocenters. The first-order valence-corrected chi connectivity index (χ1v) is 7.31. The van der Waals surface area contributed by atoms with Crippen LogP contribution in [0.2, 0.25) is 0 Å². The summed E-state index contributed by atoms with van der Waals surface area (Å²) in [6.07, 6.45) is -5.08. The highest BCUT2D eigenvalue weighted by molar-refractivity contribution is 14.0. The van der Waals surface area contributed by atoms with E-state index in [4.69, 9.17) is 4.74 Å². The molecule has 0 saturated heterocycles. The van der Waals surface area contributed by atoms with Crippen LogP contribution in [0.3, 0.4) is 0 Å². The number of aliphatic imine (C=N–C) groups is 1. The van der Waals surface area contributed by atoms with Crippen molar-refractivity contribution in [2.75, 3.05) is 27.3 Å². The van der Waals surface area contributed by atoms with E-state index < -0.39 is 12.6 Å². The Morgan fingerprint density at radius 3 is 2.50 bits per heavy atom. The second kappa shape index (κ2) is 10.7. The Hall–Kier alpha value is -1.04. The van der Waals surface area contributed by atoms with E-state index in [1.54, 1.807) is 7.11 Å².